The number of carbonyl (C=O) groups excluding carboxylic acids is 1. The van der Waals surface area contributed by atoms with E-state index in [0.717, 1.165) is 0 Å². The Kier molecular flexibility index (Phi) is 5.43. The third-order valence-electron chi connectivity index (χ3n) is 2.21. The zero-order valence-corrected chi connectivity index (χ0v) is 11.7. The van der Waals surface area contributed by atoms with E-state index >= 15 is 0 Å². The molecule has 20 heavy (non-hydrogen) atoms. The molecule has 0 unspecified atom stereocenters. The lowest BCUT2D eigenvalue weighted by Gasteiger charge is -2.14. The lowest BCUT2D eigenvalue weighted by Crippen LogP contribution is -2.17. The summed E-state index contributed by atoms with van der Waals surface area (Å²) in [5, 5.41) is 0. The molecular weight excluding hydrogens is 353 g/mol. The number of hydrogen-bond acceptors (Lipinski definition) is 3. The highest BCUT2D eigenvalue weighted by molar-refractivity contribution is 9.10. The van der Waals surface area contributed by atoms with Gasteiger partial charge in [-0.3, -0.25) is 4.79 Å². The maximum Gasteiger partial charge on any atom is 0.418 e. The minimum atomic E-state index is -4.81. The molecule has 9 heteroatoms. The molecule has 0 aromatic carbocycles. The number of rotatable bonds is 4. The normalized spacial score (nSPS) is 11.8. The van der Waals surface area contributed by atoms with Gasteiger partial charge in [-0.25, -0.2) is 13.8 Å². The number of hydrogen-bond donors (Lipinski definition) is 0. The van der Waals surface area contributed by atoms with Crippen LogP contribution in [-0.2, 0) is 22.1 Å². The number of ether oxygens (including phenoxy) is 1. The molecule has 0 saturated carbocycles. The third-order valence-corrected chi connectivity index (χ3v) is 2.85. The molecule has 0 aliphatic heterocycles. The van der Waals surface area contributed by atoms with Crippen molar-refractivity contribution in [3.8, 4) is 0 Å². The van der Waals surface area contributed by atoms with Crippen molar-refractivity contribution >= 4 is 21.9 Å². The van der Waals surface area contributed by atoms with Crippen molar-refractivity contribution in [2.75, 3.05) is 6.61 Å². The van der Waals surface area contributed by atoms with Crippen LogP contribution in [0, 0.1) is 0 Å². The number of aromatic nitrogens is 1. The number of alkyl halides is 5. The summed E-state index contributed by atoms with van der Waals surface area (Å²) in [5.41, 5.74) is -2.88. The summed E-state index contributed by atoms with van der Waals surface area (Å²) in [7, 11) is 0. The van der Waals surface area contributed by atoms with Crippen LogP contribution in [0.15, 0.2) is 10.5 Å². The van der Waals surface area contributed by atoms with Crippen molar-refractivity contribution in [3.63, 3.8) is 0 Å². The summed E-state index contributed by atoms with van der Waals surface area (Å²) < 4.78 is 67.7. The molecule has 1 aromatic heterocycles. The van der Waals surface area contributed by atoms with E-state index in [9.17, 15) is 26.7 Å². The van der Waals surface area contributed by atoms with Gasteiger partial charge >= 0.3 is 12.1 Å². The van der Waals surface area contributed by atoms with Gasteiger partial charge in [-0.2, -0.15) is 13.2 Å². The van der Waals surface area contributed by atoms with Gasteiger partial charge in [-0.1, -0.05) is 0 Å². The number of esters is 1. The molecule has 0 N–H and O–H groups in total. The van der Waals surface area contributed by atoms with E-state index in [1.165, 1.54) is 6.92 Å². The molecule has 3 nitrogen and oxygen atoms in total. The van der Waals surface area contributed by atoms with Gasteiger partial charge < -0.3 is 4.74 Å². The average Bonchev–Trinajstić information content (AvgIpc) is 2.29. The minimum absolute atomic E-state index is 0.0293. The monoisotopic (exact) mass is 361 g/mol. The van der Waals surface area contributed by atoms with E-state index in [0.29, 0.717) is 6.07 Å². The molecule has 0 aliphatic rings. The molecule has 1 heterocycles. The fraction of sp³-hybridized carbons (Fsp3) is 0.455. The largest absolute Gasteiger partial charge is 0.466 e. The quantitative estimate of drug-likeness (QED) is 0.602. The van der Waals surface area contributed by atoms with E-state index < -0.39 is 46.4 Å². The first-order valence-corrected chi connectivity index (χ1v) is 6.16. The van der Waals surface area contributed by atoms with E-state index in [1.807, 2.05) is 0 Å². The Morgan fingerprint density at radius 2 is 2.05 bits per heavy atom. The molecule has 0 fully saturated rings. The first-order valence-electron chi connectivity index (χ1n) is 5.37. The smallest absolute Gasteiger partial charge is 0.418 e. The standard InChI is InChI=1S/C11H9BrF5NO2/c1-2-20-8(19)4-7-5(11(15,16)17)3-6(12)9(18-7)10(13)14/h3,10H,2,4H2,1H3. The fourth-order valence-corrected chi connectivity index (χ4v) is 1.92. The molecular formula is C11H9BrF5NO2. The fourth-order valence-electron chi connectivity index (χ4n) is 1.42. The Morgan fingerprint density at radius 3 is 2.50 bits per heavy atom. The number of nitrogens with zero attached hydrogens (tertiary/aromatic N) is 1. The second kappa shape index (κ2) is 6.47. The Bertz CT molecular complexity index is 504. The van der Waals surface area contributed by atoms with E-state index in [1.54, 1.807) is 0 Å². The number of halogens is 6. The summed E-state index contributed by atoms with van der Waals surface area (Å²) >= 11 is 2.61. The predicted molar refractivity (Wildman–Crippen MR) is 62.2 cm³/mol. The maximum atomic E-state index is 12.8. The van der Waals surface area contributed by atoms with Crippen molar-refractivity contribution in [2.24, 2.45) is 0 Å². The highest BCUT2D eigenvalue weighted by atomic mass is 79.9. The number of pyridine rings is 1. The van der Waals surface area contributed by atoms with Gasteiger partial charge in [0.25, 0.3) is 6.43 Å². The van der Waals surface area contributed by atoms with Crippen LogP contribution in [0.5, 0.6) is 0 Å². The van der Waals surface area contributed by atoms with E-state index in [4.69, 9.17) is 0 Å². The van der Waals surface area contributed by atoms with Gasteiger partial charge in [0.2, 0.25) is 0 Å². The highest BCUT2D eigenvalue weighted by Gasteiger charge is 2.36. The molecule has 0 saturated heterocycles. The summed E-state index contributed by atoms with van der Waals surface area (Å²) in [6, 6.07) is 0.489. The van der Waals surface area contributed by atoms with Crippen LogP contribution >= 0.6 is 15.9 Å². The highest BCUT2D eigenvalue weighted by Crippen LogP contribution is 2.36. The SMILES string of the molecule is CCOC(=O)Cc1nc(C(F)F)c(Br)cc1C(F)(F)F. The van der Waals surface area contributed by atoms with E-state index in [2.05, 4.69) is 25.7 Å². The van der Waals surface area contributed by atoms with Gasteiger partial charge in [0.05, 0.1) is 24.3 Å². The molecule has 0 spiro atoms. The van der Waals surface area contributed by atoms with E-state index in [-0.39, 0.29) is 6.61 Å². The van der Waals surface area contributed by atoms with Crippen LogP contribution in [-0.4, -0.2) is 17.6 Å². The molecule has 1 rings (SSSR count). The first-order chi connectivity index (χ1) is 9.16. The minimum Gasteiger partial charge on any atom is -0.466 e. The van der Waals surface area contributed by atoms with Gasteiger partial charge in [0.1, 0.15) is 5.69 Å². The second-order valence-corrected chi connectivity index (χ2v) is 4.48. The summed E-state index contributed by atoms with van der Waals surface area (Å²) in [6.45, 7) is 1.45. The van der Waals surface area contributed by atoms with Crippen LogP contribution in [0.4, 0.5) is 22.0 Å². The van der Waals surface area contributed by atoms with Crippen LogP contribution in [0.3, 0.4) is 0 Å². The first kappa shape index (κ1) is 16.8. The Labute approximate surface area is 119 Å². The van der Waals surface area contributed by atoms with Crippen LogP contribution in [0.1, 0.15) is 30.3 Å². The average molecular weight is 362 g/mol. The Balaban J connectivity index is 3.29. The lowest BCUT2D eigenvalue weighted by molar-refractivity contribution is -0.143. The second-order valence-electron chi connectivity index (χ2n) is 3.63. The predicted octanol–water partition coefficient (Wildman–Crippen LogP) is 3.91. The Hall–Kier alpha value is -1.25. The van der Waals surface area contributed by atoms with Crippen LogP contribution in [0.2, 0.25) is 0 Å². The van der Waals surface area contributed by atoms with Gasteiger partial charge in [-0.05, 0) is 28.9 Å². The summed E-state index contributed by atoms with van der Waals surface area (Å²) in [5.74, 6) is -0.965. The van der Waals surface area contributed by atoms with Crippen LogP contribution < -0.4 is 0 Å². The van der Waals surface area contributed by atoms with Gasteiger partial charge in [0, 0.05) is 4.47 Å². The Morgan fingerprint density at radius 1 is 1.45 bits per heavy atom. The van der Waals surface area contributed by atoms with Crippen molar-refractivity contribution < 1.29 is 31.5 Å². The van der Waals surface area contributed by atoms with Gasteiger partial charge in [0.15, 0.2) is 0 Å². The molecule has 0 bridgehead atoms. The van der Waals surface area contributed by atoms with Crippen LogP contribution in [0.25, 0.3) is 0 Å². The summed E-state index contributed by atoms with van der Waals surface area (Å²) in [6.07, 6.45) is -8.69. The molecule has 0 atom stereocenters. The molecule has 1 aromatic rings. The summed E-state index contributed by atoms with van der Waals surface area (Å²) in [4.78, 5) is 14.5. The zero-order valence-electron chi connectivity index (χ0n) is 10.1. The zero-order chi connectivity index (χ0) is 15.5. The van der Waals surface area contributed by atoms with Crippen molar-refractivity contribution in [3.05, 3.63) is 27.5 Å². The molecule has 0 aliphatic carbocycles. The maximum absolute atomic E-state index is 12.8. The van der Waals surface area contributed by atoms with Crippen molar-refractivity contribution in [1.29, 1.82) is 0 Å². The van der Waals surface area contributed by atoms with Crippen molar-refractivity contribution in [1.82, 2.24) is 4.98 Å². The molecule has 0 radical (unpaired) electrons. The lowest BCUT2D eigenvalue weighted by atomic mass is 10.1. The van der Waals surface area contributed by atoms with Crippen molar-refractivity contribution in [2.45, 2.75) is 25.9 Å². The molecule has 112 valence electrons. The van der Waals surface area contributed by atoms with Gasteiger partial charge in [-0.15, -0.1) is 0 Å². The topological polar surface area (TPSA) is 39.2 Å². The number of carbonyl (C=O) groups is 1. The molecule has 0 amide bonds. The third kappa shape index (κ3) is 4.12.